The second-order valence-corrected chi connectivity index (χ2v) is 8.10. The number of ether oxygens (including phenoxy) is 3. The highest BCUT2D eigenvalue weighted by Crippen LogP contribution is 2.34. The van der Waals surface area contributed by atoms with Crippen LogP contribution in [0.15, 0.2) is 42.5 Å². The maximum atomic E-state index is 10.3. The van der Waals surface area contributed by atoms with Gasteiger partial charge >= 0.3 is 0 Å². The zero-order valence-electron chi connectivity index (χ0n) is 16.2. The van der Waals surface area contributed by atoms with E-state index < -0.39 is 30.7 Å². The molecule has 2 aliphatic heterocycles. The van der Waals surface area contributed by atoms with Gasteiger partial charge in [-0.2, -0.15) is 0 Å². The first-order valence-electron chi connectivity index (χ1n) is 9.92. The van der Waals surface area contributed by atoms with Gasteiger partial charge in [-0.25, -0.2) is 0 Å². The third-order valence-electron chi connectivity index (χ3n) is 5.50. The minimum absolute atomic E-state index is 0.0908. The minimum atomic E-state index is -1.59. The number of halogens is 1. The van der Waals surface area contributed by atoms with E-state index in [0.29, 0.717) is 23.6 Å². The first-order chi connectivity index (χ1) is 14.4. The molecule has 0 bridgehead atoms. The lowest BCUT2D eigenvalue weighted by atomic mass is 9.92. The maximum Gasteiger partial charge on any atom is 0.184 e. The predicted octanol–water partition coefficient (Wildman–Crippen LogP) is 1.57. The third kappa shape index (κ3) is 4.63. The summed E-state index contributed by atoms with van der Waals surface area (Å²) in [6, 6.07) is 12.9. The molecular weight excluding hydrogens is 412 g/mol. The normalized spacial score (nSPS) is 31.6. The fraction of sp³-hybridized carbons (Fsp3) is 0.455. The van der Waals surface area contributed by atoms with Crippen LogP contribution in [0.4, 0.5) is 0 Å². The molecule has 162 valence electrons. The Morgan fingerprint density at radius 1 is 0.967 bits per heavy atom. The summed E-state index contributed by atoms with van der Waals surface area (Å²) < 4.78 is 16.5. The number of rotatable bonds is 5. The van der Waals surface area contributed by atoms with Crippen molar-refractivity contribution in [1.82, 2.24) is 0 Å². The van der Waals surface area contributed by atoms with Gasteiger partial charge in [0.05, 0.1) is 13.2 Å². The lowest BCUT2D eigenvalue weighted by Crippen LogP contribution is -2.54. The van der Waals surface area contributed by atoms with Gasteiger partial charge in [0, 0.05) is 11.4 Å². The van der Waals surface area contributed by atoms with Gasteiger partial charge in [-0.05, 0) is 41.3 Å². The topological polar surface area (TPSA) is 109 Å². The average Bonchev–Trinajstić information content (AvgIpc) is 3.25. The predicted molar refractivity (Wildman–Crippen MR) is 108 cm³/mol. The molecule has 4 N–H and O–H groups in total. The smallest absolute Gasteiger partial charge is 0.184 e. The van der Waals surface area contributed by atoms with E-state index in [9.17, 15) is 20.4 Å². The Bertz CT molecular complexity index is 853. The Kier molecular flexibility index (Phi) is 6.60. The number of hydrogen-bond donors (Lipinski definition) is 4. The van der Waals surface area contributed by atoms with E-state index in [-0.39, 0.29) is 6.10 Å². The fourth-order valence-electron chi connectivity index (χ4n) is 3.75. The molecule has 8 heteroatoms. The summed E-state index contributed by atoms with van der Waals surface area (Å²) in [5, 5.41) is 40.2. The molecule has 2 aromatic rings. The van der Waals surface area contributed by atoms with E-state index in [1.54, 1.807) is 18.2 Å². The molecule has 0 radical (unpaired) electrons. The summed E-state index contributed by atoms with van der Waals surface area (Å²) in [4.78, 5) is 0. The highest BCUT2D eigenvalue weighted by Gasteiger charge is 2.43. The van der Waals surface area contributed by atoms with Crippen LogP contribution in [0.1, 0.15) is 29.2 Å². The van der Waals surface area contributed by atoms with E-state index in [2.05, 4.69) is 0 Å². The van der Waals surface area contributed by atoms with Crippen molar-refractivity contribution in [2.75, 3.05) is 13.2 Å². The number of benzene rings is 2. The van der Waals surface area contributed by atoms with Crippen molar-refractivity contribution in [2.24, 2.45) is 0 Å². The van der Waals surface area contributed by atoms with E-state index in [1.165, 1.54) is 0 Å². The Morgan fingerprint density at radius 3 is 2.43 bits per heavy atom. The summed E-state index contributed by atoms with van der Waals surface area (Å²) >= 11 is 6.37. The quantitative estimate of drug-likeness (QED) is 0.563. The van der Waals surface area contributed by atoms with Crippen LogP contribution in [0.25, 0.3) is 0 Å². The van der Waals surface area contributed by atoms with Crippen molar-refractivity contribution in [1.29, 1.82) is 0 Å². The lowest BCUT2D eigenvalue weighted by Gasteiger charge is -2.38. The van der Waals surface area contributed by atoms with Crippen LogP contribution in [-0.4, -0.2) is 64.3 Å². The van der Waals surface area contributed by atoms with E-state index in [1.807, 2.05) is 24.3 Å². The number of aliphatic hydroxyl groups excluding tert-OH is 4. The van der Waals surface area contributed by atoms with Gasteiger partial charge in [0.1, 0.15) is 36.3 Å². The molecule has 0 saturated carbocycles. The molecule has 0 spiro atoms. The second kappa shape index (κ2) is 9.20. The van der Waals surface area contributed by atoms with Crippen LogP contribution in [0, 0.1) is 0 Å². The number of hydrogen-bond acceptors (Lipinski definition) is 7. The van der Waals surface area contributed by atoms with Crippen molar-refractivity contribution < 1.29 is 34.6 Å². The van der Waals surface area contributed by atoms with Gasteiger partial charge in [0.15, 0.2) is 6.29 Å². The van der Waals surface area contributed by atoms with Crippen LogP contribution in [0.5, 0.6) is 5.75 Å². The van der Waals surface area contributed by atoms with Gasteiger partial charge in [-0.3, -0.25) is 0 Å². The van der Waals surface area contributed by atoms with Gasteiger partial charge in [0.25, 0.3) is 0 Å². The van der Waals surface area contributed by atoms with E-state index in [0.717, 1.165) is 29.9 Å². The van der Waals surface area contributed by atoms with Gasteiger partial charge < -0.3 is 34.6 Å². The van der Waals surface area contributed by atoms with Crippen molar-refractivity contribution in [3.63, 3.8) is 0 Å². The highest BCUT2D eigenvalue weighted by atomic mass is 35.5. The second-order valence-electron chi connectivity index (χ2n) is 7.69. The molecule has 2 saturated heterocycles. The van der Waals surface area contributed by atoms with Crippen LogP contribution < -0.4 is 4.74 Å². The largest absolute Gasteiger partial charge is 0.488 e. The summed E-state index contributed by atoms with van der Waals surface area (Å²) in [6.45, 7) is 1.34. The molecule has 2 aliphatic rings. The van der Waals surface area contributed by atoms with Crippen LogP contribution >= 0.6 is 11.6 Å². The Labute approximate surface area is 179 Å². The number of aliphatic hydroxyl groups is 4. The van der Waals surface area contributed by atoms with Gasteiger partial charge in [-0.15, -0.1) is 0 Å². The first kappa shape index (κ1) is 21.5. The molecule has 0 aliphatic carbocycles. The Balaban J connectivity index is 1.48. The summed E-state index contributed by atoms with van der Waals surface area (Å²) in [5.41, 5.74) is 2.37. The molecule has 30 heavy (non-hydrogen) atoms. The molecule has 7 nitrogen and oxygen atoms in total. The SMILES string of the molecule is O[C@H]1[C@H](O)[C@@H](O)C(c2ccc(Cl)c(Cc3ccc(OC4CCOC4)cc3)c2)O[C@@H]1O. The molecular formula is C22H25ClO7. The molecule has 2 aromatic carbocycles. The van der Waals surface area contributed by atoms with Crippen molar-refractivity contribution in [3.8, 4) is 5.75 Å². The van der Waals surface area contributed by atoms with E-state index in [4.69, 9.17) is 25.8 Å². The molecule has 2 fully saturated rings. The van der Waals surface area contributed by atoms with Crippen LogP contribution in [-0.2, 0) is 15.9 Å². The summed E-state index contributed by atoms with van der Waals surface area (Å²) in [7, 11) is 0. The van der Waals surface area contributed by atoms with Crippen LogP contribution in [0.2, 0.25) is 5.02 Å². The van der Waals surface area contributed by atoms with Gasteiger partial charge in [-0.1, -0.05) is 35.9 Å². The summed E-state index contributed by atoms with van der Waals surface area (Å²) in [5.74, 6) is 0.786. The highest BCUT2D eigenvalue weighted by molar-refractivity contribution is 6.31. The summed E-state index contributed by atoms with van der Waals surface area (Å²) in [6.07, 6.45) is -5.53. The average molecular weight is 437 g/mol. The monoisotopic (exact) mass is 436 g/mol. The lowest BCUT2D eigenvalue weighted by molar-refractivity contribution is -0.284. The molecule has 4 rings (SSSR count). The van der Waals surface area contributed by atoms with Crippen molar-refractivity contribution >= 4 is 11.6 Å². The van der Waals surface area contributed by atoms with E-state index >= 15 is 0 Å². The fourth-order valence-corrected chi connectivity index (χ4v) is 3.93. The van der Waals surface area contributed by atoms with Gasteiger partial charge in [0.2, 0.25) is 0 Å². The molecule has 0 amide bonds. The standard InChI is InChI=1S/C22H25ClO7/c23-17-6-3-13(21-19(25)18(24)20(26)22(27)30-21)10-14(17)9-12-1-4-15(5-2-12)29-16-7-8-28-11-16/h1-6,10,16,18-22,24-27H,7-9,11H2/t16?,18-,19-,20+,21?,22+/m1/s1. The minimum Gasteiger partial charge on any atom is -0.488 e. The molecule has 0 aromatic heterocycles. The zero-order valence-corrected chi connectivity index (χ0v) is 17.0. The van der Waals surface area contributed by atoms with Crippen molar-refractivity contribution in [2.45, 2.75) is 49.7 Å². The van der Waals surface area contributed by atoms with Crippen molar-refractivity contribution in [3.05, 3.63) is 64.2 Å². The first-order valence-corrected chi connectivity index (χ1v) is 10.3. The Hall–Kier alpha value is -1.71. The molecule has 2 heterocycles. The third-order valence-corrected chi connectivity index (χ3v) is 5.86. The molecule has 2 unspecified atom stereocenters. The zero-order chi connectivity index (χ0) is 21.3. The van der Waals surface area contributed by atoms with Crippen LogP contribution in [0.3, 0.4) is 0 Å². The molecule has 6 atom stereocenters. The maximum absolute atomic E-state index is 10.3. The Morgan fingerprint density at radius 2 is 1.73 bits per heavy atom.